The molecule has 0 saturated carbocycles. The molecule has 3 N–H and O–H groups in total. The van der Waals surface area contributed by atoms with Gasteiger partial charge in [0, 0.05) is 6.54 Å². The Balaban J connectivity index is 1.47. The van der Waals surface area contributed by atoms with E-state index in [0.717, 1.165) is 12.1 Å². The van der Waals surface area contributed by atoms with E-state index in [0.29, 0.717) is 35.3 Å². The highest BCUT2D eigenvalue weighted by molar-refractivity contribution is 7.51. The highest BCUT2D eigenvalue weighted by Crippen LogP contribution is 2.36. The van der Waals surface area contributed by atoms with Crippen LogP contribution in [0.25, 0.3) is 11.0 Å². The monoisotopic (exact) mass is 521 g/mol. The number of ether oxygens (including phenoxy) is 2. The van der Waals surface area contributed by atoms with Crippen molar-refractivity contribution in [2.45, 2.75) is 37.9 Å². The molecular formula is C19H20ClF3N5O5P. The maximum absolute atomic E-state index is 13.0. The van der Waals surface area contributed by atoms with Crippen molar-refractivity contribution in [3.05, 3.63) is 46.9 Å². The molecule has 4 rings (SSSR count). The highest BCUT2D eigenvalue weighted by Gasteiger charge is 2.31. The third-order valence-corrected chi connectivity index (χ3v) is 5.75. The van der Waals surface area contributed by atoms with Gasteiger partial charge in [0.1, 0.15) is 12.2 Å². The Morgan fingerprint density at radius 3 is 2.82 bits per heavy atom. The maximum atomic E-state index is 13.0. The SMILES string of the molecule is O=P(O)(O)COC[C@@H]1CC[C@H](n2ncc3c(NCc4cccc(C(F)(F)F)c4)nc(Cl)nc32)O1. The fourth-order valence-electron chi connectivity index (χ4n) is 3.58. The molecule has 0 radical (unpaired) electrons. The molecule has 3 heterocycles. The lowest BCUT2D eigenvalue weighted by molar-refractivity contribution is -0.137. The van der Waals surface area contributed by atoms with E-state index in [1.54, 1.807) is 6.07 Å². The number of anilines is 1. The van der Waals surface area contributed by atoms with E-state index in [-0.39, 0.29) is 24.5 Å². The number of halogens is 4. The molecule has 0 unspecified atom stereocenters. The molecule has 0 spiro atoms. The molecule has 184 valence electrons. The van der Waals surface area contributed by atoms with Gasteiger partial charge >= 0.3 is 13.8 Å². The molecule has 2 atom stereocenters. The van der Waals surface area contributed by atoms with Crippen molar-refractivity contribution < 1.29 is 37.0 Å². The zero-order valence-electron chi connectivity index (χ0n) is 17.4. The number of benzene rings is 1. The number of hydrogen-bond donors (Lipinski definition) is 3. The second-order valence-corrected chi connectivity index (χ2v) is 9.60. The van der Waals surface area contributed by atoms with Gasteiger partial charge in [0.25, 0.3) is 0 Å². The Morgan fingerprint density at radius 1 is 1.29 bits per heavy atom. The lowest BCUT2D eigenvalue weighted by Gasteiger charge is -2.15. The second-order valence-electron chi connectivity index (χ2n) is 7.67. The standard InChI is InChI=1S/C19H20ClF3N5O5P/c20-18-26-16(24-7-11-2-1-3-12(6-11)19(21,22)23)14-8-25-28(17(14)27-18)15-5-4-13(33-15)9-32-10-34(29,30)31/h1-3,6,8,13,15H,4-5,7,9-10H2,(H,24,26,27)(H2,29,30,31)/t13-,15+/m0/s1. The summed E-state index contributed by atoms with van der Waals surface area (Å²) in [5.41, 5.74) is 0.0268. The molecule has 2 aromatic heterocycles. The zero-order chi connectivity index (χ0) is 24.5. The predicted molar refractivity (Wildman–Crippen MR) is 115 cm³/mol. The van der Waals surface area contributed by atoms with Crippen LogP contribution in [0.2, 0.25) is 5.28 Å². The molecule has 1 saturated heterocycles. The number of rotatable bonds is 8. The Bertz CT molecular complexity index is 1220. The predicted octanol–water partition coefficient (Wildman–Crippen LogP) is 3.94. The summed E-state index contributed by atoms with van der Waals surface area (Å²) in [4.78, 5) is 26.1. The summed E-state index contributed by atoms with van der Waals surface area (Å²) in [6, 6.07) is 4.95. The van der Waals surface area contributed by atoms with E-state index in [1.807, 2.05) is 0 Å². The topological polar surface area (TPSA) is 132 Å². The van der Waals surface area contributed by atoms with Gasteiger partial charge in [-0.05, 0) is 42.1 Å². The third-order valence-electron chi connectivity index (χ3n) is 5.06. The first-order valence-corrected chi connectivity index (χ1v) is 12.3. The number of fused-ring (bicyclic) bond motifs is 1. The van der Waals surface area contributed by atoms with E-state index in [1.165, 1.54) is 16.9 Å². The van der Waals surface area contributed by atoms with Gasteiger partial charge in [0.05, 0.1) is 29.9 Å². The van der Waals surface area contributed by atoms with Crippen LogP contribution >= 0.6 is 19.2 Å². The van der Waals surface area contributed by atoms with Crippen molar-refractivity contribution in [2.75, 3.05) is 18.3 Å². The lowest BCUT2D eigenvalue weighted by atomic mass is 10.1. The Labute approximate surface area is 196 Å². The Hall–Kier alpha value is -2.28. The molecule has 0 bridgehead atoms. The normalized spacial score (nSPS) is 19.1. The van der Waals surface area contributed by atoms with E-state index < -0.39 is 31.9 Å². The molecule has 0 aliphatic carbocycles. The van der Waals surface area contributed by atoms with Gasteiger partial charge in [-0.25, -0.2) is 4.68 Å². The van der Waals surface area contributed by atoms with Gasteiger partial charge < -0.3 is 24.6 Å². The number of hydrogen-bond acceptors (Lipinski definition) is 7. The Kier molecular flexibility index (Phi) is 7.13. The molecule has 0 amide bonds. The van der Waals surface area contributed by atoms with Gasteiger partial charge in [0.15, 0.2) is 11.9 Å². The molecule has 1 aromatic carbocycles. The van der Waals surface area contributed by atoms with Crippen LogP contribution in [0.5, 0.6) is 0 Å². The van der Waals surface area contributed by atoms with Crippen LogP contribution in [0.4, 0.5) is 19.0 Å². The first-order valence-electron chi connectivity index (χ1n) is 10.1. The lowest BCUT2D eigenvalue weighted by Crippen LogP contribution is -2.18. The summed E-state index contributed by atoms with van der Waals surface area (Å²) in [7, 11) is -4.26. The zero-order valence-corrected chi connectivity index (χ0v) is 19.1. The third kappa shape index (κ3) is 6.04. The molecule has 1 fully saturated rings. The number of aromatic nitrogens is 4. The average Bonchev–Trinajstić information content (AvgIpc) is 3.37. The number of nitrogens with zero attached hydrogens (tertiary/aromatic N) is 4. The number of nitrogens with one attached hydrogen (secondary N) is 1. The van der Waals surface area contributed by atoms with Crippen molar-refractivity contribution in [1.29, 1.82) is 0 Å². The van der Waals surface area contributed by atoms with E-state index in [4.69, 9.17) is 30.9 Å². The molecule has 15 heteroatoms. The van der Waals surface area contributed by atoms with Crippen molar-refractivity contribution in [3.8, 4) is 0 Å². The smallest absolute Gasteiger partial charge is 0.366 e. The van der Waals surface area contributed by atoms with Crippen LogP contribution in [0, 0.1) is 0 Å². The first-order chi connectivity index (χ1) is 16.0. The molecule has 3 aromatic rings. The molecule has 1 aliphatic heterocycles. The van der Waals surface area contributed by atoms with E-state index in [9.17, 15) is 17.7 Å². The summed E-state index contributed by atoms with van der Waals surface area (Å²) < 4.78 is 62.2. The second kappa shape index (κ2) is 9.76. The van der Waals surface area contributed by atoms with Gasteiger partial charge in [-0.2, -0.15) is 28.2 Å². The first kappa shape index (κ1) is 24.8. The van der Waals surface area contributed by atoms with Crippen molar-refractivity contribution in [2.24, 2.45) is 0 Å². The van der Waals surface area contributed by atoms with Crippen LogP contribution < -0.4 is 5.32 Å². The van der Waals surface area contributed by atoms with Crippen LogP contribution in [0.1, 0.15) is 30.2 Å². The van der Waals surface area contributed by atoms with Gasteiger partial charge in [-0.1, -0.05) is 12.1 Å². The minimum Gasteiger partial charge on any atom is -0.366 e. The van der Waals surface area contributed by atoms with Gasteiger partial charge in [0.2, 0.25) is 5.28 Å². The fourth-order valence-corrected chi connectivity index (χ4v) is 4.09. The van der Waals surface area contributed by atoms with E-state index in [2.05, 4.69) is 20.4 Å². The Morgan fingerprint density at radius 2 is 2.09 bits per heavy atom. The quantitative estimate of drug-likeness (QED) is 0.298. The van der Waals surface area contributed by atoms with Crippen molar-refractivity contribution >= 4 is 36.0 Å². The summed E-state index contributed by atoms with van der Waals surface area (Å²) >= 11 is 6.08. The van der Waals surface area contributed by atoms with Crippen LogP contribution in [0.15, 0.2) is 30.5 Å². The number of alkyl halides is 3. The van der Waals surface area contributed by atoms with Gasteiger partial charge in [-0.3, -0.25) is 4.57 Å². The minimum atomic E-state index is -4.44. The molecule has 1 aliphatic rings. The summed E-state index contributed by atoms with van der Waals surface area (Å²) in [5.74, 6) is 0.304. The maximum Gasteiger partial charge on any atom is 0.416 e. The fraction of sp³-hybridized carbons (Fsp3) is 0.421. The van der Waals surface area contributed by atoms with Crippen LogP contribution in [-0.4, -0.2) is 48.6 Å². The van der Waals surface area contributed by atoms with Crippen molar-refractivity contribution in [3.63, 3.8) is 0 Å². The largest absolute Gasteiger partial charge is 0.416 e. The van der Waals surface area contributed by atoms with E-state index >= 15 is 0 Å². The highest BCUT2D eigenvalue weighted by atomic mass is 35.5. The summed E-state index contributed by atoms with van der Waals surface area (Å²) in [5, 5.41) is 7.72. The summed E-state index contributed by atoms with van der Waals surface area (Å²) in [6.07, 6.45) is -3.40. The average molecular weight is 522 g/mol. The molecular weight excluding hydrogens is 502 g/mol. The molecule has 10 nitrogen and oxygen atoms in total. The van der Waals surface area contributed by atoms with Crippen LogP contribution in [-0.2, 0) is 26.8 Å². The minimum absolute atomic E-state index is 0.0142. The summed E-state index contributed by atoms with van der Waals surface area (Å²) in [6.45, 7) is 0.0802. The van der Waals surface area contributed by atoms with Crippen molar-refractivity contribution in [1.82, 2.24) is 19.7 Å². The van der Waals surface area contributed by atoms with Gasteiger partial charge in [-0.15, -0.1) is 0 Å². The molecule has 34 heavy (non-hydrogen) atoms. The van der Waals surface area contributed by atoms with Crippen LogP contribution in [0.3, 0.4) is 0 Å².